The summed E-state index contributed by atoms with van der Waals surface area (Å²) in [5.41, 5.74) is -0.486. The quantitative estimate of drug-likeness (QED) is 0.806. The minimum atomic E-state index is -0.486. The Bertz CT molecular complexity index is 302. The highest BCUT2D eigenvalue weighted by Crippen LogP contribution is 2.29. The molecule has 1 aromatic rings. The van der Waals surface area contributed by atoms with Crippen molar-refractivity contribution in [1.82, 2.24) is 5.32 Å². The molecule has 1 atom stereocenters. The third-order valence-corrected chi connectivity index (χ3v) is 3.51. The number of hydrogen-bond donors (Lipinski definition) is 2. The molecule has 0 aliphatic heterocycles. The van der Waals surface area contributed by atoms with E-state index in [2.05, 4.69) is 12.2 Å². The van der Waals surface area contributed by atoms with E-state index in [1.807, 2.05) is 12.1 Å². The molecular weight excluding hydrogens is 202 g/mol. The molecule has 1 aliphatic carbocycles. The normalized spacial score (nSPS) is 21.1. The fraction of sp³-hybridized carbons (Fsp3) is 0.692. The number of hydrogen-bond acceptors (Lipinski definition) is 3. The van der Waals surface area contributed by atoms with Crippen molar-refractivity contribution in [3.05, 3.63) is 24.2 Å². The van der Waals surface area contributed by atoms with Gasteiger partial charge in [0, 0.05) is 6.54 Å². The van der Waals surface area contributed by atoms with Gasteiger partial charge in [-0.05, 0) is 31.4 Å². The SMILES string of the molecule is CCC(NCC1(O)CCCC1)c1ccco1. The second-order valence-electron chi connectivity index (χ2n) is 4.79. The summed E-state index contributed by atoms with van der Waals surface area (Å²) in [6, 6.07) is 4.11. The fourth-order valence-corrected chi connectivity index (χ4v) is 2.46. The summed E-state index contributed by atoms with van der Waals surface area (Å²) < 4.78 is 5.39. The Balaban J connectivity index is 1.88. The van der Waals surface area contributed by atoms with Crippen LogP contribution in [-0.4, -0.2) is 17.3 Å². The zero-order valence-electron chi connectivity index (χ0n) is 9.91. The Morgan fingerprint density at radius 3 is 2.81 bits per heavy atom. The van der Waals surface area contributed by atoms with Crippen LogP contribution in [0.25, 0.3) is 0 Å². The maximum Gasteiger partial charge on any atom is 0.120 e. The van der Waals surface area contributed by atoms with Crippen LogP contribution >= 0.6 is 0 Å². The van der Waals surface area contributed by atoms with Crippen molar-refractivity contribution in [3.8, 4) is 0 Å². The average molecular weight is 223 g/mol. The largest absolute Gasteiger partial charge is 0.468 e. The van der Waals surface area contributed by atoms with Crippen LogP contribution < -0.4 is 5.32 Å². The van der Waals surface area contributed by atoms with E-state index >= 15 is 0 Å². The van der Waals surface area contributed by atoms with Gasteiger partial charge >= 0.3 is 0 Å². The summed E-state index contributed by atoms with van der Waals surface area (Å²) in [5.74, 6) is 0.962. The van der Waals surface area contributed by atoms with Crippen LogP contribution in [0.3, 0.4) is 0 Å². The lowest BCUT2D eigenvalue weighted by molar-refractivity contribution is 0.0439. The Morgan fingerprint density at radius 2 is 2.25 bits per heavy atom. The average Bonchev–Trinajstić information content (AvgIpc) is 2.91. The molecule has 0 amide bonds. The summed E-state index contributed by atoms with van der Waals surface area (Å²) in [6.45, 7) is 2.80. The third kappa shape index (κ3) is 2.66. The summed E-state index contributed by atoms with van der Waals surface area (Å²) in [5, 5.41) is 13.7. The molecule has 1 aromatic heterocycles. The van der Waals surface area contributed by atoms with Crippen LogP contribution in [0, 0.1) is 0 Å². The van der Waals surface area contributed by atoms with Crippen molar-refractivity contribution in [1.29, 1.82) is 0 Å². The third-order valence-electron chi connectivity index (χ3n) is 3.51. The number of furan rings is 1. The number of nitrogens with one attached hydrogen (secondary N) is 1. The molecule has 1 unspecified atom stereocenters. The van der Waals surface area contributed by atoms with E-state index in [0.717, 1.165) is 37.9 Å². The molecule has 0 bridgehead atoms. The topological polar surface area (TPSA) is 45.4 Å². The predicted molar refractivity (Wildman–Crippen MR) is 63.2 cm³/mol. The van der Waals surface area contributed by atoms with E-state index in [-0.39, 0.29) is 6.04 Å². The van der Waals surface area contributed by atoms with Gasteiger partial charge < -0.3 is 14.8 Å². The highest BCUT2D eigenvalue weighted by molar-refractivity contribution is 5.04. The molecule has 3 nitrogen and oxygen atoms in total. The molecule has 0 radical (unpaired) electrons. The molecule has 1 heterocycles. The van der Waals surface area contributed by atoms with Gasteiger partial charge in [0.15, 0.2) is 0 Å². The first-order valence-electron chi connectivity index (χ1n) is 6.23. The Morgan fingerprint density at radius 1 is 1.50 bits per heavy atom. The number of aliphatic hydroxyl groups is 1. The van der Waals surface area contributed by atoms with Crippen molar-refractivity contribution >= 4 is 0 Å². The van der Waals surface area contributed by atoms with Gasteiger partial charge in [-0.3, -0.25) is 0 Å². The smallest absolute Gasteiger partial charge is 0.120 e. The molecule has 0 spiro atoms. The monoisotopic (exact) mass is 223 g/mol. The second kappa shape index (κ2) is 5.02. The van der Waals surface area contributed by atoms with E-state index in [1.54, 1.807) is 6.26 Å². The van der Waals surface area contributed by atoms with Gasteiger partial charge in [-0.25, -0.2) is 0 Å². The van der Waals surface area contributed by atoms with Crippen LogP contribution in [0.15, 0.2) is 22.8 Å². The standard InChI is InChI=1S/C13H21NO2/c1-2-11(12-6-5-9-16-12)14-10-13(15)7-3-4-8-13/h5-6,9,11,14-15H,2-4,7-8,10H2,1H3. The number of rotatable bonds is 5. The van der Waals surface area contributed by atoms with Crippen LogP contribution in [-0.2, 0) is 0 Å². The lowest BCUT2D eigenvalue weighted by atomic mass is 10.0. The van der Waals surface area contributed by atoms with Gasteiger partial charge in [-0.2, -0.15) is 0 Å². The maximum absolute atomic E-state index is 10.2. The van der Waals surface area contributed by atoms with Crippen molar-refractivity contribution < 1.29 is 9.52 Å². The first-order valence-corrected chi connectivity index (χ1v) is 6.23. The molecule has 1 saturated carbocycles. The minimum Gasteiger partial charge on any atom is -0.468 e. The zero-order chi connectivity index (χ0) is 11.4. The van der Waals surface area contributed by atoms with Crippen molar-refractivity contribution in [3.63, 3.8) is 0 Å². The van der Waals surface area contributed by atoms with Gasteiger partial charge in [0.05, 0.1) is 17.9 Å². The molecule has 16 heavy (non-hydrogen) atoms. The summed E-state index contributed by atoms with van der Waals surface area (Å²) in [7, 11) is 0. The van der Waals surface area contributed by atoms with Gasteiger partial charge in [0.25, 0.3) is 0 Å². The second-order valence-corrected chi connectivity index (χ2v) is 4.79. The molecule has 1 aliphatic rings. The highest BCUT2D eigenvalue weighted by Gasteiger charge is 2.31. The molecule has 0 saturated heterocycles. The molecule has 90 valence electrons. The highest BCUT2D eigenvalue weighted by atomic mass is 16.3. The first-order chi connectivity index (χ1) is 7.73. The van der Waals surface area contributed by atoms with E-state index in [9.17, 15) is 5.11 Å². The van der Waals surface area contributed by atoms with Gasteiger partial charge in [-0.15, -0.1) is 0 Å². The summed E-state index contributed by atoms with van der Waals surface area (Å²) in [4.78, 5) is 0. The van der Waals surface area contributed by atoms with Crippen LogP contribution in [0.4, 0.5) is 0 Å². The van der Waals surface area contributed by atoms with Crippen molar-refractivity contribution in [2.45, 2.75) is 50.7 Å². The fourth-order valence-electron chi connectivity index (χ4n) is 2.46. The van der Waals surface area contributed by atoms with E-state index in [0.29, 0.717) is 6.54 Å². The van der Waals surface area contributed by atoms with E-state index in [4.69, 9.17) is 4.42 Å². The van der Waals surface area contributed by atoms with Crippen molar-refractivity contribution in [2.24, 2.45) is 0 Å². The maximum atomic E-state index is 10.2. The van der Waals surface area contributed by atoms with Crippen molar-refractivity contribution in [2.75, 3.05) is 6.54 Å². The molecule has 1 fully saturated rings. The lowest BCUT2D eigenvalue weighted by Gasteiger charge is -2.25. The minimum absolute atomic E-state index is 0.222. The first kappa shape index (κ1) is 11.7. The van der Waals surface area contributed by atoms with Gasteiger partial charge in [0.1, 0.15) is 5.76 Å². The molecule has 2 N–H and O–H groups in total. The molecular formula is C13H21NO2. The molecule has 0 aromatic carbocycles. The predicted octanol–water partition coefficient (Wildman–Crippen LogP) is 2.63. The van der Waals surface area contributed by atoms with Crippen LogP contribution in [0.1, 0.15) is 50.8 Å². The molecule has 3 heteroatoms. The van der Waals surface area contributed by atoms with Gasteiger partial charge in [0.2, 0.25) is 0 Å². The Hall–Kier alpha value is -0.800. The zero-order valence-corrected chi connectivity index (χ0v) is 9.91. The molecule has 2 rings (SSSR count). The van der Waals surface area contributed by atoms with E-state index in [1.165, 1.54) is 0 Å². The summed E-state index contributed by atoms with van der Waals surface area (Å²) in [6.07, 6.45) is 6.82. The van der Waals surface area contributed by atoms with Crippen LogP contribution in [0.5, 0.6) is 0 Å². The van der Waals surface area contributed by atoms with E-state index < -0.39 is 5.60 Å². The van der Waals surface area contributed by atoms with Crippen LogP contribution in [0.2, 0.25) is 0 Å². The Labute approximate surface area is 96.8 Å². The lowest BCUT2D eigenvalue weighted by Crippen LogP contribution is -2.39. The summed E-state index contributed by atoms with van der Waals surface area (Å²) >= 11 is 0. The van der Waals surface area contributed by atoms with Gasteiger partial charge in [-0.1, -0.05) is 19.8 Å². The Kier molecular flexibility index (Phi) is 3.66.